The summed E-state index contributed by atoms with van der Waals surface area (Å²) in [5.74, 6) is 0. The molecule has 3 heteroatoms. The summed E-state index contributed by atoms with van der Waals surface area (Å²) in [6.07, 6.45) is 6.44. The van der Waals surface area contributed by atoms with Gasteiger partial charge in [0.2, 0.25) is 0 Å². The first-order valence-corrected chi connectivity index (χ1v) is 8.19. The Labute approximate surface area is 111 Å². The summed E-state index contributed by atoms with van der Waals surface area (Å²) in [5.41, 5.74) is 0.374. The molecule has 17 heavy (non-hydrogen) atoms. The lowest BCUT2D eigenvalue weighted by atomic mass is 9.86. The Balaban J connectivity index is 1.93. The van der Waals surface area contributed by atoms with Gasteiger partial charge in [0.25, 0.3) is 0 Å². The molecule has 2 nitrogen and oxygen atoms in total. The average molecular weight is 256 g/mol. The van der Waals surface area contributed by atoms with Crippen molar-refractivity contribution in [3.8, 4) is 0 Å². The zero-order valence-electron chi connectivity index (χ0n) is 11.9. The van der Waals surface area contributed by atoms with Gasteiger partial charge in [-0.25, -0.2) is 0 Å². The van der Waals surface area contributed by atoms with E-state index < -0.39 is 0 Å². The Morgan fingerprint density at radius 2 is 2.06 bits per heavy atom. The fourth-order valence-electron chi connectivity index (χ4n) is 2.69. The fourth-order valence-corrected chi connectivity index (χ4v) is 3.51. The molecule has 1 unspecified atom stereocenters. The lowest BCUT2D eigenvalue weighted by molar-refractivity contribution is 0.196. The predicted molar refractivity (Wildman–Crippen MR) is 77.8 cm³/mol. The first kappa shape index (κ1) is 13.7. The minimum absolute atomic E-state index is 0.374. The van der Waals surface area contributed by atoms with Gasteiger partial charge in [0.05, 0.1) is 0 Å². The van der Waals surface area contributed by atoms with Crippen LogP contribution in [-0.2, 0) is 0 Å². The van der Waals surface area contributed by atoms with E-state index in [0.29, 0.717) is 16.2 Å². The SMILES string of the molecule is CSC1(CN2CCCNC(C(C)(C)C)C2)CC1. The summed E-state index contributed by atoms with van der Waals surface area (Å²) in [7, 11) is 0. The molecule has 1 saturated carbocycles. The maximum absolute atomic E-state index is 3.73. The summed E-state index contributed by atoms with van der Waals surface area (Å²) >= 11 is 2.09. The van der Waals surface area contributed by atoms with Crippen LogP contribution >= 0.6 is 11.8 Å². The Bertz CT molecular complexity index is 255. The lowest BCUT2D eigenvalue weighted by Gasteiger charge is -2.34. The van der Waals surface area contributed by atoms with Gasteiger partial charge in [-0.1, -0.05) is 20.8 Å². The van der Waals surface area contributed by atoms with Crippen molar-refractivity contribution in [3.63, 3.8) is 0 Å². The molecule has 1 heterocycles. The Morgan fingerprint density at radius 3 is 2.59 bits per heavy atom. The number of rotatable bonds is 3. The smallest absolute Gasteiger partial charge is 0.0285 e. The summed E-state index contributed by atoms with van der Waals surface area (Å²) in [4.78, 5) is 2.71. The van der Waals surface area contributed by atoms with E-state index in [9.17, 15) is 0 Å². The molecule has 2 fully saturated rings. The van der Waals surface area contributed by atoms with E-state index in [4.69, 9.17) is 0 Å². The van der Waals surface area contributed by atoms with Gasteiger partial charge in [0, 0.05) is 23.9 Å². The maximum atomic E-state index is 3.73. The minimum Gasteiger partial charge on any atom is -0.312 e. The average Bonchev–Trinajstić information content (AvgIpc) is 3.02. The highest BCUT2D eigenvalue weighted by Crippen LogP contribution is 2.47. The lowest BCUT2D eigenvalue weighted by Crippen LogP contribution is -2.47. The largest absolute Gasteiger partial charge is 0.312 e. The highest BCUT2D eigenvalue weighted by Gasteiger charge is 2.43. The number of hydrogen-bond acceptors (Lipinski definition) is 3. The van der Waals surface area contributed by atoms with Gasteiger partial charge in [-0.05, 0) is 44.0 Å². The van der Waals surface area contributed by atoms with Crippen molar-refractivity contribution in [2.45, 2.75) is 50.8 Å². The second-order valence-electron chi connectivity index (χ2n) is 6.85. The van der Waals surface area contributed by atoms with Crippen LogP contribution in [0.4, 0.5) is 0 Å². The van der Waals surface area contributed by atoms with Crippen LogP contribution in [0.1, 0.15) is 40.0 Å². The zero-order chi connectivity index (χ0) is 12.5. The van der Waals surface area contributed by atoms with Crippen LogP contribution in [-0.4, -0.2) is 48.1 Å². The number of hydrogen-bond donors (Lipinski definition) is 1. The van der Waals surface area contributed by atoms with Crippen LogP contribution in [0.5, 0.6) is 0 Å². The zero-order valence-corrected chi connectivity index (χ0v) is 12.7. The third kappa shape index (κ3) is 3.62. The van der Waals surface area contributed by atoms with E-state index in [0.717, 1.165) is 0 Å². The Hall–Kier alpha value is 0.270. The quantitative estimate of drug-likeness (QED) is 0.835. The van der Waals surface area contributed by atoms with E-state index >= 15 is 0 Å². The maximum Gasteiger partial charge on any atom is 0.0285 e. The summed E-state index contributed by atoms with van der Waals surface area (Å²) in [6, 6.07) is 0.641. The summed E-state index contributed by atoms with van der Waals surface area (Å²) < 4.78 is 0.618. The highest BCUT2D eigenvalue weighted by atomic mass is 32.2. The molecule has 0 aromatic carbocycles. The first-order chi connectivity index (χ1) is 7.95. The van der Waals surface area contributed by atoms with Gasteiger partial charge in [-0.2, -0.15) is 11.8 Å². The summed E-state index contributed by atoms with van der Waals surface area (Å²) in [6.45, 7) is 12.1. The standard InChI is InChI=1S/C14H28N2S/c1-13(2,3)12-10-16(9-5-8-15-12)11-14(17-4)6-7-14/h12,15H,5-11H2,1-4H3. The second-order valence-corrected chi connectivity index (χ2v) is 8.12. The van der Waals surface area contributed by atoms with Gasteiger partial charge < -0.3 is 10.2 Å². The molecule has 2 rings (SSSR count). The van der Waals surface area contributed by atoms with E-state index in [2.05, 4.69) is 49.0 Å². The normalized spacial score (nSPS) is 30.0. The molecule has 1 saturated heterocycles. The van der Waals surface area contributed by atoms with Crippen LogP contribution in [0.25, 0.3) is 0 Å². The van der Waals surface area contributed by atoms with Crippen molar-refractivity contribution >= 4 is 11.8 Å². The predicted octanol–water partition coefficient (Wildman–Crippen LogP) is 2.59. The molecule has 1 atom stereocenters. The highest BCUT2D eigenvalue weighted by molar-refractivity contribution is 8.00. The van der Waals surface area contributed by atoms with E-state index in [1.807, 2.05) is 0 Å². The molecule has 0 spiro atoms. The molecule has 0 bridgehead atoms. The van der Waals surface area contributed by atoms with Gasteiger partial charge >= 0.3 is 0 Å². The van der Waals surface area contributed by atoms with E-state index in [-0.39, 0.29) is 0 Å². The number of thioether (sulfide) groups is 1. The van der Waals surface area contributed by atoms with Crippen LogP contribution in [0.15, 0.2) is 0 Å². The molecular formula is C14H28N2S. The minimum atomic E-state index is 0.374. The van der Waals surface area contributed by atoms with Gasteiger partial charge in [0.15, 0.2) is 0 Å². The van der Waals surface area contributed by atoms with Crippen molar-refractivity contribution in [1.29, 1.82) is 0 Å². The topological polar surface area (TPSA) is 15.3 Å². The van der Waals surface area contributed by atoms with Gasteiger partial charge in [-0.3, -0.25) is 0 Å². The van der Waals surface area contributed by atoms with Crippen LogP contribution in [0.3, 0.4) is 0 Å². The van der Waals surface area contributed by atoms with Crippen LogP contribution in [0, 0.1) is 5.41 Å². The molecular weight excluding hydrogens is 228 g/mol. The molecule has 1 N–H and O–H groups in total. The molecule has 0 radical (unpaired) electrons. The summed E-state index contributed by atoms with van der Waals surface area (Å²) in [5, 5.41) is 3.73. The van der Waals surface area contributed by atoms with Crippen molar-refractivity contribution in [2.24, 2.45) is 5.41 Å². The molecule has 2 aliphatic rings. The van der Waals surface area contributed by atoms with Crippen molar-refractivity contribution in [2.75, 3.05) is 32.4 Å². The molecule has 1 aliphatic carbocycles. The monoisotopic (exact) mass is 256 g/mol. The number of nitrogens with one attached hydrogen (secondary N) is 1. The van der Waals surface area contributed by atoms with E-state index in [1.165, 1.54) is 45.4 Å². The third-order valence-corrected chi connectivity index (χ3v) is 5.68. The Morgan fingerprint density at radius 1 is 1.35 bits per heavy atom. The van der Waals surface area contributed by atoms with Gasteiger partial charge in [-0.15, -0.1) is 0 Å². The molecule has 100 valence electrons. The van der Waals surface area contributed by atoms with Crippen molar-refractivity contribution < 1.29 is 0 Å². The molecule has 1 aliphatic heterocycles. The second kappa shape index (κ2) is 5.10. The number of nitrogens with zero attached hydrogens (tertiary/aromatic N) is 1. The van der Waals surface area contributed by atoms with E-state index in [1.54, 1.807) is 0 Å². The fraction of sp³-hybridized carbons (Fsp3) is 1.00. The molecule has 0 aromatic heterocycles. The van der Waals surface area contributed by atoms with Crippen molar-refractivity contribution in [1.82, 2.24) is 10.2 Å². The van der Waals surface area contributed by atoms with Gasteiger partial charge in [0.1, 0.15) is 0 Å². The Kier molecular flexibility index (Phi) is 4.11. The van der Waals surface area contributed by atoms with Crippen LogP contribution in [0.2, 0.25) is 0 Å². The third-order valence-electron chi connectivity index (χ3n) is 4.28. The molecule has 0 amide bonds. The van der Waals surface area contributed by atoms with Crippen LogP contribution < -0.4 is 5.32 Å². The van der Waals surface area contributed by atoms with Crippen molar-refractivity contribution in [3.05, 3.63) is 0 Å². The first-order valence-electron chi connectivity index (χ1n) is 6.96. The molecule has 0 aromatic rings.